The number of halogens is 2. The van der Waals surface area contributed by atoms with Crippen LogP contribution in [0.3, 0.4) is 0 Å². The highest BCUT2D eigenvalue weighted by Gasteiger charge is 2.37. The number of amides is 4. The van der Waals surface area contributed by atoms with E-state index in [9.17, 15) is 14.4 Å². The summed E-state index contributed by atoms with van der Waals surface area (Å²) in [5.41, 5.74) is 1.32. The first-order valence-electron chi connectivity index (χ1n) is 11.2. The molecule has 0 radical (unpaired) electrons. The summed E-state index contributed by atoms with van der Waals surface area (Å²) in [6, 6.07) is 17.8. The standard InChI is InChI=1S/C27H22Cl2N2O5/c1-2-13-35-24-12-7-19(28)14-18(24)15-22-25(32)30-27(34)31(26(22)33)20-8-10-21(11-9-20)36-16-17-5-3-4-6-23(17)29/h3-12,14-15H,2,13,16H2,1H3,(H,30,32,34)/b22-15+. The van der Waals surface area contributed by atoms with Gasteiger partial charge in [0.15, 0.2) is 0 Å². The number of hydrogen-bond acceptors (Lipinski definition) is 5. The second kappa shape index (κ2) is 11.3. The monoisotopic (exact) mass is 524 g/mol. The Hall–Kier alpha value is -3.81. The zero-order valence-corrected chi connectivity index (χ0v) is 20.8. The molecule has 3 aromatic rings. The summed E-state index contributed by atoms with van der Waals surface area (Å²) >= 11 is 12.3. The lowest BCUT2D eigenvalue weighted by Gasteiger charge is -2.26. The lowest BCUT2D eigenvalue weighted by molar-refractivity contribution is -0.122. The molecule has 1 fully saturated rings. The van der Waals surface area contributed by atoms with E-state index in [2.05, 4.69) is 5.32 Å². The van der Waals surface area contributed by atoms with E-state index >= 15 is 0 Å². The molecule has 36 heavy (non-hydrogen) atoms. The highest BCUT2D eigenvalue weighted by molar-refractivity contribution is 6.39. The van der Waals surface area contributed by atoms with Crippen molar-refractivity contribution in [2.75, 3.05) is 11.5 Å². The number of rotatable bonds is 8. The largest absolute Gasteiger partial charge is 0.493 e. The van der Waals surface area contributed by atoms with E-state index in [1.165, 1.54) is 6.08 Å². The molecule has 3 aromatic carbocycles. The van der Waals surface area contributed by atoms with Gasteiger partial charge < -0.3 is 9.47 Å². The minimum absolute atomic E-state index is 0.225. The van der Waals surface area contributed by atoms with Crippen LogP contribution >= 0.6 is 23.2 Å². The van der Waals surface area contributed by atoms with Crippen molar-refractivity contribution in [3.8, 4) is 11.5 Å². The number of barbiturate groups is 1. The Morgan fingerprint density at radius 2 is 1.69 bits per heavy atom. The van der Waals surface area contributed by atoms with Crippen LogP contribution in [0.4, 0.5) is 10.5 Å². The first-order valence-corrected chi connectivity index (χ1v) is 11.9. The Morgan fingerprint density at radius 3 is 2.42 bits per heavy atom. The fourth-order valence-corrected chi connectivity index (χ4v) is 3.86. The minimum atomic E-state index is -0.847. The molecule has 0 aliphatic carbocycles. The van der Waals surface area contributed by atoms with Crippen LogP contribution < -0.4 is 19.7 Å². The van der Waals surface area contributed by atoms with Gasteiger partial charge in [-0.05, 0) is 61.0 Å². The highest BCUT2D eigenvalue weighted by Crippen LogP contribution is 2.29. The number of anilines is 1. The Balaban J connectivity index is 1.57. The number of benzene rings is 3. The molecule has 7 nitrogen and oxygen atoms in total. The molecule has 0 spiro atoms. The van der Waals surface area contributed by atoms with E-state index < -0.39 is 17.8 Å². The van der Waals surface area contributed by atoms with Gasteiger partial charge in [-0.2, -0.15) is 0 Å². The van der Waals surface area contributed by atoms with Gasteiger partial charge in [0.25, 0.3) is 11.8 Å². The van der Waals surface area contributed by atoms with Gasteiger partial charge in [-0.15, -0.1) is 0 Å². The van der Waals surface area contributed by atoms with Crippen molar-refractivity contribution < 1.29 is 23.9 Å². The fraction of sp³-hybridized carbons (Fsp3) is 0.148. The lowest BCUT2D eigenvalue weighted by atomic mass is 10.1. The Kier molecular flexibility index (Phi) is 7.93. The maximum Gasteiger partial charge on any atom is 0.335 e. The Morgan fingerprint density at radius 1 is 0.944 bits per heavy atom. The maximum absolute atomic E-state index is 13.3. The van der Waals surface area contributed by atoms with E-state index in [-0.39, 0.29) is 17.9 Å². The predicted molar refractivity (Wildman–Crippen MR) is 138 cm³/mol. The SMILES string of the molecule is CCCOc1ccc(Cl)cc1/C=C1\C(=O)NC(=O)N(c2ccc(OCc3ccccc3Cl)cc2)C1=O. The molecular formula is C27H22Cl2N2O5. The van der Waals surface area contributed by atoms with Crippen LogP contribution in [-0.2, 0) is 16.2 Å². The van der Waals surface area contributed by atoms with E-state index in [4.69, 9.17) is 32.7 Å². The molecule has 1 heterocycles. The summed E-state index contributed by atoms with van der Waals surface area (Å²) in [6.45, 7) is 2.67. The molecule has 1 aliphatic heterocycles. The van der Waals surface area contributed by atoms with Crippen LogP contribution in [0.2, 0.25) is 10.0 Å². The Bertz CT molecular complexity index is 1340. The van der Waals surface area contributed by atoms with Crippen LogP contribution in [0, 0.1) is 0 Å². The van der Waals surface area contributed by atoms with E-state index in [0.717, 1.165) is 16.9 Å². The number of hydrogen-bond donors (Lipinski definition) is 1. The maximum atomic E-state index is 13.3. The fourth-order valence-electron chi connectivity index (χ4n) is 3.49. The third-order valence-electron chi connectivity index (χ3n) is 5.28. The summed E-state index contributed by atoms with van der Waals surface area (Å²) in [7, 11) is 0. The first kappa shape index (κ1) is 25.3. The zero-order chi connectivity index (χ0) is 25.7. The summed E-state index contributed by atoms with van der Waals surface area (Å²) < 4.78 is 11.5. The number of urea groups is 1. The molecule has 0 bridgehead atoms. The molecule has 0 aromatic heterocycles. The highest BCUT2D eigenvalue weighted by atomic mass is 35.5. The van der Waals surface area contributed by atoms with Crippen molar-refractivity contribution in [2.45, 2.75) is 20.0 Å². The molecule has 1 saturated heterocycles. The average molecular weight is 525 g/mol. The number of nitrogens with zero attached hydrogens (tertiary/aromatic N) is 1. The summed E-state index contributed by atoms with van der Waals surface area (Å²) in [5, 5.41) is 3.22. The molecule has 1 N–H and O–H groups in total. The van der Waals surface area contributed by atoms with Gasteiger partial charge in [0, 0.05) is 21.2 Å². The van der Waals surface area contributed by atoms with Crippen LogP contribution in [-0.4, -0.2) is 24.5 Å². The molecule has 184 valence electrons. The number of imide groups is 2. The smallest absolute Gasteiger partial charge is 0.335 e. The summed E-state index contributed by atoms with van der Waals surface area (Å²) in [4.78, 5) is 39.3. The van der Waals surface area contributed by atoms with Gasteiger partial charge in [-0.3, -0.25) is 14.9 Å². The minimum Gasteiger partial charge on any atom is -0.493 e. The third-order valence-corrected chi connectivity index (χ3v) is 5.89. The Labute approximate surface area is 218 Å². The number of carbonyl (C=O) groups is 3. The second-order valence-electron chi connectivity index (χ2n) is 7.86. The van der Waals surface area contributed by atoms with Gasteiger partial charge in [-0.1, -0.05) is 48.3 Å². The molecule has 0 atom stereocenters. The molecule has 4 rings (SSSR count). The van der Waals surface area contributed by atoms with Gasteiger partial charge >= 0.3 is 6.03 Å². The van der Waals surface area contributed by atoms with Crippen molar-refractivity contribution >= 4 is 52.8 Å². The van der Waals surface area contributed by atoms with Gasteiger partial charge in [0.1, 0.15) is 23.7 Å². The molecule has 9 heteroatoms. The van der Waals surface area contributed by atoms with Crippen LogP contribution in [0.5, 0.6) is 11.5 Å². The normalized spacial score (nSPS) is 14.7. The predicted octanol–water partition coefficient (Wildman–Crippen LogP) is 6.03. The quantitative estimate of drug-likeness (QED) is 0.287. The topological polar surface area (TPSA) is 84.9 Å². The van der Waals surface area contributed by atoms with Crippen LogP contribution in [0.1, 0.15) is 24.5 Å². The van der Waals surface area contributed by atoms with Crippen LogP contribution in [0.15, 0.2) is 72.3 Å². The molecule has 1 aliphatic rings. The molecule has 0 saturated carbocycles. The third kappa shape index (κ3) is 5.70. The van der Waals surface area contributed by atoms with E-state index in [1.807, 2.05) is 25.1 Å². The summed E-state index contributed by atoms with van der Waals surface area (Å²) in [5.74, 6) is -0.581. The van der Waals surface area contributed by atoms with Crippen molar-refractivity contribution in [1.82, 2.24) is 5.32 Å². The van der Waals surface area contributed by atoms with Crippen molar-refractivity contribution in [3.05, 3.63) is 93.5 Å². The number of ether oxygens (including phenoxy) is 2. The van der Waals surface area contributed by atoms with Gasteiger partial charge in [0.2, 0.25) is 0 Å². The second-order valence-corrected chi connectivity index (χ2v) is 8.71. The first-order chi connectivity index (χ1) is 17.4. The lowest BCUT2D eigenvalue weighted by Crippen LogP contribution is -2.54. The van der Waals surface area contributed by atoms with Crippen molar-refractivity contribution in [1.29, 1.82) is 0 Å². The number of carbonyl (C=O) groups excluding carboxylic acids is 3. The van der Waals surface area contributed by atoms with Gasteiger partial charge in [-0.25, -0.2) is 9.69 Å². The molecular weight excluding hydrogens is 503 g/mol. The van der Waals surface area contributed by atoms with Gasteiger partial charge in [0.05, 0.1) is 12.3 Å². The van der Waals surface area contributed by atoms with E-state index in [0.29, 0.717) is 33.7 Å². The number of nitrogens with one attached hydrogen (secondary N) is 1. The molecule has 4 amide bonds. The van der Waals surface area contributed by atoms with Crippen LogP contribution in [0.25, 0.3) is 6.08 Å². The summed E-state index contributed by atoms with van der Waals surface area (Å²) in [6.07, 6.45) is 2.15. The van der Waals surface area contributed by atoms with Crippen molar-refractivity contribution in [3.63, 3.8) is 0 Å². The average Bonchev–Trinajstić information content (AvgIpc) is 2.86. The van der Waals surface area contributed by atoms with E-state index in [1.54, 1.807) is 48.5 Å². The molecule has 0 unspecified atom stereocenters. The van der Waals surface area contributed by atoms with Crippen molar-refractivity contribution in [2.24, 2.45) is 0 Å². The zero-order valence-electron chi connectivity index (χ0n) is 19.3.